The van der Waals surface area contributed by atoms with Gasteiger partial charge in [-0.25, -0.2) is 4.99 Å². The molecule has 1 aliphatic heterocycles. The summed E-state index contributed by atoms with van der Waals surface area (Å²) in [6.45, 7) is 0. The van der Waals surface area contributed by atoms with E-state index in [0.29, 0.717) is 44.6 Å². The first-order chi connectivity index (χ1) is 30.2. The Labute approximate surface area is 362 Å². The number of rotatable bonds is 6. The van der Waals surface area contributed by atoms with Crippen LogP contribution in [0.4, 0.5) is 0 Å². The van der Waals surface area contributed by atoms with Crippen molar-refractivity contribution in [1.29, 1.82) is 0 Å². The third-order valence-electron chi connectivity index (χ3n) is 12.7. The van der Waals surface area contributed by atoms with E-state index in [0.717, 1.165) is 60.9 Å². The summed E-state index contributed by atoms with van der Waals surface area (Å²) in [4.78, 5) is 5.23. The number of hydrogen-bond donors (Lipinski definition) is 5. The van der Waals surface area contributed by atoms with Gasteiger partial charge in [0.1, 0.15) is 45.0 Å². The lowest BCUT2D eigenvalue weighted by Crippen LogP contribution is -2.53. The van der Waals surface area contributed by atoms with Crippen molar-refractivity contribution < 1.29 is 19.7 Å². The average molecular weight is 799 g/mol. The summed E-state index contributed by atoms with van der Waals surface area (Å²) in [7, 11) is 21.6. The minimum Gasteiger partial charge on any atom is -0.504 e. The van der Waals surface area contributed by atoms with Crippen molar-refractivity contribution in [2.45, 2.75) is 30.5 Å². The van der Waals surface area contributed by atoms with Gasteiger partial charge in [0.15, 0.2) is 11.5 Å². The second-order valence-electron chi connectivity index (χ2n) is 16.2. The van der Waals surface area contributed by atoms with Gasteiger partial charge >= 0.3 is 0 Å². The number of aromatic hydroxyl groups is 3. The third kappa shape index (κ3) is 6.08. The van der Waals surface area contributed by atoms with Crippen molar-refractivity contribution in [2.75, 3.05) is 0 Å². The van der Waals surface area contributed by atoms with Gasteiger partial charge in [-0.2, -0.15) is 0 Å². The molecule has 11 rings (SSSR count). The van der Waals surface area contributed by atoms with Gasteiger partial charge in [0.2, 0.25) is 5.75 Å². The first-order valence-corrected chi connectivity index (χ1v) is 20.6. The number of hydrogen-bond acceptors (Lipinski definition) is 7. The van der Waals surface area contributed by atoms with Crippen molar-refractivity contribution >= 4 is 51.3 Å². The van der Waals surface area contributed by atoms with E-state index in [2.05, 4.69) is 53.1 Å². The smallest absolute Gasteiger partial charge is 0.201 e. The molecular weight excluding hydrogens is 763 g/mol. The monoisotopic (exact) mass is 799 g/mol. The molecule has 7 aromatic carbocycles. The highest BCUT2D eigenvalue weighted by molar-refractivity contribution is 6.34. The first-order valence-electron chi connectivity index (χ1n) is 20.6. The summed E-state index contributed by atoms with van der Waals surface area (Å²) >= 11 is 0. The number of nitrogens with one attached hydrogen (secondary N) is 2. The molecule has 3 aliphatic rings. The van der Waals surface area contributed by atoms with Crippen LogP contribution in [0.2, 0.25) is 5.82 Å². The fourth-order valence-electron chi connectivity index (χ4n) is 9.58. The molecule has 2 heterocycles. The molecule has 2 aliphatic carbocycles. The van der Waals surface area contributed by atoms with Gasteiger partial charge in [0.05, 0.1) is 7.85 Å². The Kier molecular flexibility index (Phi) is 9.02. The van der Waals surface area contributed by atoms with Crippen LogP contribution < -0.4 is 10.6 Å². The molecule has 4 atom stereocenters. The minimum absolute atomic E-state index is 0.188. The molecule has 0 fully saturated rings. The highest BCUT2D eigenvalue weighted by Crippen LogP contribution is 2.61. The number of phenols is 3. The molecular formula is C52H36B3N3O4. The second-order valence-corrected chi connectivity index (χ2v) is 16.2. The van der Waals surface area contributed by atoms with Gasteiger partial charge in [-0.1, -0.05) is 144 Å². The van der Waals surface area contributed by atoms with Crippen molar-refractivity contribution in [1.82, 2.24) is 10.6 Å². The highest BCUT2D eigenvalue weighted by Gasteiger charge is 2.44. The Balaban J connectivity index is 1.00. The Bertz CT molecular complexity index is 3180. The summed E-state index contributed by atoms with van der Waals surface area (Å²) < 4.78 is 6.16. The number of aliphatic imine (C=N–C) groups is 1. The minimum atomic E-state index is -0.803. The molecule has 6 radical (unpaired) electrons. The van der Waals surface area contributed by atoms with E-state index in [9.17, 15) is 15.3 Å². The van der Waals surface area contributed by atoms with Gasteiger partial charge in [-0.3, -0.25) is 5.32 Å². The maximum Gasteiger partial charge on any atom is 0.201 e. The van der Waals surface area contributed by atoms with Crippen molar-refractivity contribution in [3.8, 4) is 50.6 Å². The number of fused-ring (bicyclic) bond motifs is 6. The zero-order chi connectivity index (χ0) is 42.2. The predicted octanol–water partition coefficient (Wildman–Crippen LogP) is 9.82. The molecule has 0 saturated carbocycles. The van der Waals surface area contributed by atoms with E-state index in [4.69, 9.17) is 32.9 Å². The zero-order valence-electron chi connectivity index (χ0n) is 33.4. The molecule has 62 heavy (non-hydrogen) atoms. The van der Waals surface area contributed by atoms with E-state index in [-0.39, 0.29) is 6.42 Å². The van der Waals surface area contributed by atoms with Crippen LogP contribution in [0.1, 0.15) is 34.3 Å². The molecule has 0 spiro atoms. The molecule has 5 N–H and O–H groups in total. The van der Waals surface area contributed by atoms with Crippen LogP contribution in [0, 0.1) is 0 Å². The fraction of sp³-hybridized carbons (Fsp3) is 0.0962. The topological polar surface area (TPSA) is 110 Å². The molecule has 1 aromatic heterocycles. The largest absolute Gasteiger partial charge is 0.504 e. The van der Waals surface area contributed by atoms with Crippen LogP contribution in [-0.2, 0) is 6.42 Å². The molecule has 0 amide bonds. The Morgan fingerprint density at radius 2 is 1.18 bits per heavy atom. The Morgan fingerprint density at radius 3 is 1.87 bits per heavy atom. The molecule has 0 saturated heterocycles. The number of furan rings is 1. The van der Waals surface area contributed by atoms with Gasteiger partial charge in [-0.05, 0) is 75.2 Å². The lowest BCUT2D eigenvalue weighted by molar-refractivity contribution is 0.366. The zero-order valence-corrected chi connectivity index (χ0v) is 33.4. The average Bonchev–Trinajstić information content (AvgIpc) is 3.90. The lowest BCUT2D eigenvalue weighted by atomic mass is 9.54. The molecule has 4 unspecified atom stereocenters. The molecule has 10 heteroatoms. The number of para-hydroxylation sites is 1. The Hall–Kier alpha value is -7.16. The molecule has 8 aromatic rings. The van der Waals surface area contributed by atoms with Crippen LogP contribution in [-0.4, -0.2) is 50.9 Å². The van der Waals surface area contributed by atoms with Crippen LogP contribution in [0.5, 0.6) is 17.2 Å². The lowest BCUT2D eigenvalue weighted by Gasteiger charge is -2.41. The van der Waals surface area contributed by atoms with Crippen molar-refractivity contribution in [3.05, 3.63) is 196 Å². The van der Waals surface area contributed by atoms with E-state index in [1.165, 1.54) is 0 Å². The standard InChI is InChI=1S/C52H36B3N3O4/c53-44-36-26-37-41(40(48(60)49(61)47(37)59)31-19-15-29(16-20-31)27-9-3-1-4-10-27)42(36)45(54)46(55)43(44)52-57-50(32-21-17-30(18-22-32)28-11-5-2-6-12-28)56-51(58-52)33-23-24-39-35(25-33)34-13-7-8-14-38(34)62-39/h1-25,42,45,50,52,57,59-61H,26H2,(H,56,58). The summed E-state index contributed by atoms with van der Waals surface area (Å²) in [6.07, 6.45) is -0.983. The van der Waals surface area contributed by atoms with Crippen LogP contribution in [0.3, 0.4) is 0 Å². The van der Waals surface area contributed by atoms with Crippen LogP contribution in [0.15, 0.2) is 183 Å². The predicted molar refractivity (Wildman–Crippen MR) is 249 cm³/mol. The highest BCUT2D eigenvalue weighted by atomic mass is 16.3. The van der Waals surface area contributed by atoms with Crippen LogP contribution in [0.25, 0.3) is 55.3 Å². The van der Waals surface area contributed by atoms with Gasteiger partial charge in [0, 0.05) is 33.4 Å². The third-order valence-corrected chi connectivity index (χ3v) is 12.7. The van der Waals surface area contributed by atoms with Crippen molar-refractivity contribution in [3.63, 3.8) is 0 Å². The van der Waals surface area contributed by atoms with E-state index in [1.807, 2.05) is 109 Å². The SMILES string of the molecule is [B]C1=C2Cc3c(O)c(O)c(O)c(-c4ccc(-c5ccccc5)cc4)c3C2C([B])C([B])=C1C1NC(c2ccc3oc4ccccc4c3c2)=NC(c2ccc(-c3ccccc3)cc2)N1. The number of amidine groups is 1. The van der Waals surface area contributed by atoms with Crippen LogP contribution >= 0.6 is 0 Å². The second kappa shape index (κ2) is 14.8. The van der Waals surface area contributed by atoms with E-state index >= 15 is 0 Å². The first kappa shape index (κ1) is 37.8. The molecule has 7 nitrogen and oxygen atoms in total. The quantitative estimate of drug-likeness (QED) is 0.0847. The van der Waals surface area contributed by atoms with E-state index < -0.39 is 41.3 Å². The number of nitrogens with zero attached hydrogens (tertiary/aromatic N) is 1. The van der Waals surface area contributed by atoms with Gasteiger partial charge < -0.3 is 25.1 Å². The Morgan fingerprint density at radius 1 is 0.597 bits per heavy atom. The maximum atomic E-state index is 11.5. The summed E-state index contributed by atoms with van der Waals surface area (Å²) in [5.41, 5.74) is 11.7. The number of phenolic OH excluding ortho intramolecular Hbond substituents is 3. The fourth-order valence-corrected chi connectivity index (χ4v) is 9.58. The molecule has 0 bridgehead atoms. The van der Waals surface area contributed by atoms with Crippen molar-refractivity contribution in [2.24, 2.45) is 4.99 Å². The van der Waals surface area contributed by atoms with Gasteiger partial charge in [0.25, 0.3) is 0 Å². The molecule has 292 valence electrons. The summed E-state index contributed by atoms with van der Waals surface area (Å²) in [5.74, 6) is -2.22. The number of benzene rings is 7. The maximum absolute atomic E-state index is 11.5. The van der Waals surface area contributed by atoms with E-state index in [1.54, 1.807) is 0 Å². The van der Waals surface area contributed by atoms with Gasteiger partial charge in [-0.15, -0.1) is 5.47 Å². The summed E-state index contributed by atoms with van der Waals surface area (Å²) in [6, 6.07) is 50.2. The summed E-state index contributed by atoms with van der Waals surface area (Å²) in [5, 5.41) is 43.3. The number of allylic oxidation sites excluding steroid dienone is 2. The normalized spacial score (nSPS) is 19.6.